The third-order valence-electron chi connectivity index (χ3n) is 5.25. The molecular formula is C23H35NO5. The van der Waals surface area contributed by atoms with E-state index in [0.717, 1.165) is 32.1 Å². The third-order valence-corrected chi connectivity index (χ3v) is 5.25. The van der Waals surface area contributed by atoms with Gasteiger partial charge in [0.15, 0.2) is 5.78 Å². The quantitative estimate of drug-likeness (QED) is 0.304. The van der Waals surface area contributed by atoms with Crippen LogP contribution < -0.4 is 0 Å². The van der Waals surface area contributed by atoms with E-state index in [0.29, 0.717) is 12.1 Å². The molecule has 1 N–H and O–H groups in total. The molecule has 0 aliphatic carbocycles. The number of ether oxygens (including phenoxy) is 1. The number of rotatable bonds is 13. The Morgan fingerprint density at radius 1 is 0.966 bits per heavy atom. The lowest BCUT2D eigenvalue weighted by molar-refractivity contribution is -0.167. The number of carbonyl (C=O) groups excluding carboxylic acids is 3. The summed E-state index contributed by atoms with van der Waals surface area (Å²) in [6.45, 7) is 5.88. The number of benzene rings is 1. The molecule has 0 saturated heterocycles. The number of esters is 1. The fourth-order valence-corrected chi connectivity index (χ4v) is 3.60. The van der Waals surface area contributed by atoms with Crippen molar-refractivity contribution in [1.29, 1.82) is 0 Å². The van der Waals surface area contributed by atoms with Gasteiger partial charge in [-0.15, -0.1) is 0 Å². The fraction of sp³-hybridized carbons (Fsp3) is 0.609. The molecule has 0 aliphatic rings. The average molecular weight is 406 g/mol. The largest absolute Gasteiger partial charge is 0.508 e. The Kier molecular flexibility index (Phi) is 10.4. The molecule has 6 heteroatoms. The number of Topliss-reactive ketones (excluding diaryl/α,β-unsaturated/α-hetero) is 1. The van der Waals surface area contributed by atoms with E-state index in [1.807, 2.05) is 0 Å². The number of aromatic hydroxyl groups is 1. The van der Waals surface area contributed by atoms with Gasteiger partial charge in [0.05, 0.1) is 7.11 Å². The molecule has 1 amide bonds. The molecule has 1 atom stereocenters. The van der Waals surface area contributed by atoms with E-state index < -0.39 is 11.5 Å². The van der Waals surface area contributed by atoms with Crippen molar-refractivity contribution < 1.29 is 24.2 Å². The minimum atomic E-state index is -1.70. The summed E-state index contributed by atoms with van der Waals surface area (Å²) in [5.74, 6) is -1.20. The van der Waals surface area contributed by atoms with Crippen LogP contribution in [0.2, 0.25) is 0 Å². The number of methoxy groups -OCH3 is 1. The highest BCUT2D eigenvalue weighted by Crippen LogP contribution is 2.28. The predicted molar refractivity (Wildman–Crippen MR) is 113 cm³/mol. The molecule has 0 heterocycles. The number of carbonyl (C=O) groups is 3. The van der Waals surface area contributed by atoms with E-state index in [-0.39, 0.29) is 36.7 Å². The molecular weight excluding hydrogens is 370 g/mol. The van der Waals surface area contributed by atoms with Gasteiger partial charge in [-0.05, 0) is 24.1 Å². The zero-order valence-electron chi connectivity index (χ0n) is 18.2. The number of hydrogen-bond donors (Lipinski definition) is 1. The molecule has 6 nitrogen and oxygen atoms in total. The van der Waals surface area contributed by atoms with Crippen molar-refractivity contribution in [3.05, 3.63) is 29.8 Å². The van der Waals surface area contributed by atoms with Gasteiger partial charge in [-0.2, -0.15) is 0 Å². The molecule has 1 aromatic carbocycles. The normalized spacial score (nSPS) is 12.8. The van der Waals surface area contributed by atoms with Gasteiger partial charge in [0.25, 0.3) is 0 Å². The maximum atomic E-state index is 13.2. The predicted octanol–water partition coefficient (Wildman–Crippen LogP) is 4.03. The van der Waals surface area contributed by atoms with Crippen LogP contribution in [-0.4, -0.2) is 46.9 Å². The summed E-state index contributed by atoms with van der Waals surface area (Å²) in [5, 5.41) is 9.57. The summed E-state index contributed by atoms with van der Waals surface area (Å²) >= 11 is 0. The zero-order valence-corrected chi connectivity index (χ0v) is 18.2. The lowest BCUT2D eigenvalue weighted by Gasteiger charge is -2.40. The van der Waals surface area contributed by atoms with Crippen molar-refractivity contribution in [1.82, 2.24) is 4.90 Å². The Labute approximate surface area is 174 Å². The summed E-state index contributed by atoms with van der Waals surface area (Å²) in [6, 6.07) is 6.33. The number of unbranched alkanes of at least 4 members (excludes halogenated alkanes) is 4. The Bertz CT molecular complexity index is 652. The van der Waals surface area contributed by atoms with Crippen LogP contribution in [0.15, 0.2) is 24.3 Å². The van der Waals surface area contributed by atoms with E-state index in [1.165, 1.54) is 24.1 Å². The van der Waals surface area contributed by atoms with Crippen LogP contribution in [0.4, 0.5) is 0 Å². The Morgan fingerprint density at radius 2 is 1.59 bits per heavy atom. The van der Waals surface area contributed by atoms with E-state index in [4.69, 9.17) is 4.74 Å². The fourth-order valence-electron chi connectivity index (χ4n) is 3.60. The van der Waals surface area contributed by atoms with E-state index >= 15 is 0 Å². The van der Waals surface area contributed by atoms with Gasteiger partial charge in [-0.3, -0.25) is 9.59 Å². The van der Waals surface area contributed by atoms with Gasteiger partial charge in [0.1, 0.15) is 5.75 Å². The number of nitrogens with zero attached hydrogens (tertiary/aromatic N) is 1. The standard InChI is InChI=1S/C23H35NO5/c1-5-8-9-10-11-16-24(21(27)7-3)23(20(26)6-2,22(28)29-4)17-18-12-14-19(25)15-13-18/h12-15,25H,5-11,16-17H2,1-4H3/t23-/m1/s1. The number of amides is 1. The maximum Gasteiger partial charge on any atom is 0.340 e. The van der Waals surface area contributed by atoms with Crippen molar-refractivity contribution >= 4 is 17.7 Å². The first-order valence-corrected chi connectivity index (χ1v) is 10.6. The van der Waals surface area contributed by atoms with Crippen molar-refractivity contribution in [3.8, 4) is 5.75 Å². The van der Waals surface area contributed by atoms with E-state index in [1.54, 1.807) is 26.0 Å². The minimum Gasteiger partial charge on any atom is -0.508 e. The highest BCUT2D eigenvalue weighted by atomic mass is 16.5. The van der Waals surface area contributed by atoms with Crippen molar-refractivity contribution in [2.24, 2.45) is 0 Å². The summed E-state index contributed by atoms with van der Waals surface area (Å²) in [7, 11) is 1.24. The lowest BCUT2D eigenvalue weighted by atomic mass is 9.82. The van der Waals surface area contributed by atoms with Gasteiger partial charge in [0.2, 0.25) is 11.4 Å². The molecule has 1 aromatic rings. The highest BCUT2D eigenvalue weighted by Gasteiger charge is 2.52. The molecule has 1 rings (SSSR count). The van der Waals surface area contributed by atoms with Crippen LogP contribution in [0.5, 0.6) is 5.75 Å². The van der Waals surface area contributed by atoms with Crippen LogP contribution >= 0.6 is 0 Å². The summed E-state index contributed by atoms with van der Waals surface area (Å²) in [6.07, 6.45) is 5.25. The smallest absolute Gasteiger partial charge is 0.340 e. The van der Waals surface area contributed by atoms with Crippen LogP contribution in [0, 0.1) is 0 Å². The third kappa shape index (κ3) is 6.31. The second-order valence-electron chi connectivity index (χ2n) is 7.28. The summed E-state index contributed by atoms with van der Waals surface area (Å²) in [5.41, 5.74) is -1.02. The van der Waals surface area contributed by atoms with Gasteiger partial charge in [-0.1, -0.05) is 58.6 Å². The Balaban J connectivity index is 3.36. The first kappa shape index (κ1) is 24.7. The second-order valence-corrected chi connectivity index (χ2v) is 7.28. The summed E-state index contributed by atoms with van der Waals surface area (Å²) < 4.78 is 5.05. The Hall–Kier alpha value is -2.37. The van der Waals surface area contributed by atoms with E-state index in [9.17, 15) is 19.5 Å². The topological polar surface area (TPSA) is 83.9 Å². The average Bonchev–Trinajstić information content (AvgIpc) is 2.74. The van der Waals surface area contributed by atoms with Crippen LogP contribution in [0.1, 0.15) is 71.3 Å². The number of phenolic OH excluding ortho intramolecular Hbond substituents is 1. The molecule has 0 saturated carbocycles. The minimum absolute atomic E-state index is 0.0212. The molecule has 0 radical (unpaired) electrons. The van der Waals surface area contributed by atoms with E-state index in [2.05, 4.69) is 6.92 Å². The molecule has 162 valence electrons. The van der Waals surface area contributed by atoms with Crippen LogP contribution in [-0.2, 0) is 25.5 Å². The number of phenols is 1. The SMILES string of the molecule is CCCCCCCN(C(=O)CC)[C@](Cc1ccc(O)cc1)(C(=O)CC)C(=O)OC. The van der Waals surface area contributed by atoms with Gasteiger partial charge in [-0.25, -0.2) is 4.79 Å². The first-order chi connectivity index (χ1) is 13.9. The maximum absolute atomic E-state index is 13.2. The molecule has 0 aromatic heterocycles. The zero-order chi connectivity index (χ0) is 21.9. The van der Waals surface area contributed by atoms with Gasteiger partial charge >= 0.3 is 5.97 Å². The first-order valence-electron chi connectivity index (χ1n) is 10.6. The number of ketones is 1. The molecule has 0 spiro atoms. The van der Waals surface area contributed by atoms with Crippen molar-refractivity contribution in [2.75, 3.05) is 13.7 Å². The van der Waals surface area contributed by atoms with Crippen molar-refractivity contribution in [2.45, 2.75) is 77.7 Å². The summed E-state index contributed by atoms with van der Waals surface area (Å²) in [4.78, 5) is 40.5. The molecule has 0 unspecified atom stereocenters. The molecule has 29 heavy (non-hydrogen) atoms. The van der Waals surface area contributed by atoms with Gasteiger partial charge < -0.3 is 14.7 Å². The molecule has 0 aliphatic heterocycles. The van der Waals surface area contributed by atoms with Gasteiger partial charge in [0, 0.05) is 25.8 Å². The molecule has 0 bridgehead atoms. The monoisotopic (exact) mass is 405 g/mol. The Morgan fingerprint density at radius 3 is 2.10 bits per heavy atom. The second kappa shape index (κ2) is 12.2. The van der Waals surface area contributed by atoms with Crippen LogP contribution in [0.3, 0.4) is 0 Å². The number of hydrogen-bond acceptors (Lipinski definition) is 5. The van der Waals surface area contributed by atoms with Crippen molar-refractivity contribution in [3.63, 3.8) is 0 Å². The lowest BCUT2D eigenvalue weighted by Crippen LogP contribution is -2.64. The molecule has 0 fully saturated rings. The highest BCUT2D eigenvalue weighted by molar-refractivity contribution is 6.11. The van der Waals surface area contributed by atoms with Crippen LogP contribution in [0.25, 0.3) is 0 Å².